The molecule has 1 aromatic carbocycles. The molecule has 1 N–H and O–H groups in total. The van der Waals surface area contributed by atoms with Gasteiger partial charge < -0.3 is 19.7 Å². The molecule has 12 nitrogen and oxygen atoms in total. The Bertz CT molecular complexity index is 1790. The van der Waals surface area contributed by atoms with Gasteiger partial charge in [-0.05, 0) is 41.7 Å². The molecule has 0 unspecified atom stereocenters. The first-order chi connectivity index (χ1) is 23.0. The van der Waals surface area contributed by atoms with E-state index < -0.39 is 67.2 Å². The number of urea groups is 1. The van der Waals surface area contributed by atoms with E-state index in [9.17, 15) is 31.9 Å². The molecular formula is C32H31F4N7O5. The molecule has 4 saturated heterocycles. The molecule has 2 aromatic heterocycles. The van der Waals surface area contributed by atoms with Crippen molar-refractivity contribution in [2.75, 3.05) is 46.1 Å². The number of fused-ring (bicyclic) bond motifs is 2. The van der Waals surface area contributed by atoms with Crippen molar-refractivity contribution in [3.63, 3.8) is 0 Å². The number of carbonyl (C=O) groups is 3. The monoisotopic (exact) mass is 669 g/mol. The third-order valence-corrected chi connectivity index (χ3v) is 10.3. The number of pyridine rings is 1. The number of benzene rings is 1. The molecule has 16 heteroatoms. The first kappa shape index (κ1) is 30.9. The van der Waals surface area contributed by atoms with Gasteiger partial charge in [-0.25, -0.2) is 9.18 Å². The van der Waals surface area contributed by atoms with Gasteiger partial charge in [0, 0.05) is 24.8 Å². The standard InChI is InChI=1S/C32H31F4N7O5/c33-22-2-3-23(37-9-22)11-42(30(17-48-18-30)32(34,35)36)27(44)14-41-28(45)31(39-29(41)46)6-5-20-7-19(1-4-26(20)31)21-8-38-43(10-21)24-12-40(13-24)25-15-47-16-25/h1-4,7-10,24-25H,5-6,11-18H2,(H,39,46)/t31-/m0/s1. The maximum atomic E-state index is 14.4. The average molecular weight is 670 g/mol. The van der Waals surface area contributed by atoms with Gasteiger partial charge in [0.2, 0.25) is 5.91 Å². The second-order valence-electron chi connectivity index (χ2n) is 13.1. The number of likely N-dealkylation sites (tertiary alicyclic amines) is 1. The zero-order valence-corrected chi connectivity index (χ0v) is 25.6. The number of nitrogens with zero attached hydrogens (tertiary/aromatic N) is 6. The summed E-state index contributed by atoms with van der Waals surface area (Å²) in [5.41, 5.74) is -0.907. The molecule has 1 spiro atoms. The van der Waals surface area contributed by atoms with E-state index in [0.29, 0.717) is 27.8 Å². The van der Waals surface area contributed by atoms with Crippen molar-refractivity contribution in [1.29, 1.82) is 0 Å². The van der Waals surface area contributed by atoms with Crippen LogP contribution < -0.4 is 5.32 Å². The minimum atomic E-state index is -4.89. The number of ether oxygens (including phenoxy) is 2. The van der Waals surface area contributed by atoms with Gasteiger partial charge in [-0.1, -0.05) is 18.2 Å². The van der Waals surface area contributed by atoms with Crippen LogP contribution in [-0.2, 0) is 37.6 Å². The largest absolute Gasteiger partial charge is 0.416 e. The number of amides is 4. The zero-order chi connectivity index (χ0) is 33.4. The smallest absolute Gasteiger partial charge is 0.378 e. The molecule has 4 amide bonds. The number of rotatable bonds is 8. The topological polar surface area (TPSA) is 122 Å². The Balaban J connectivity index is 0.999. The van der Waals surface area contributed by atoms with Crippen molar-refractivity contribution in [2.45, 2.75) is 48.7 Å². The van der Waals surface area contributed by atoms with Crippen molar-refractivity contribution in [3.05, 3.63) is 71.6 Å². The summed E-state index contributed by atoms with van der Waals surface area (Å²) in [6.45, 7) is 0.161. The molecule has 0 radical (unpaired) electrons. The van der Waals surface area contributed by atoms with E-state index in [-0.39, 0.29) is 18.2 Å². The minimum Gasteiger partial charge on any atom is -0.378 e. The first-order valence-corrected chi connectivity index (χ1v) is 15.7. The Morgan fingerprint density at radius 3 is 2.48 bits per heavy atom. The third kappa shape index (κ3) is 4.79. The molecule has 1 atom stereocenters. The van der Waals surface area contributed by atoms with Crippen LogP contribution in [0, 0.1) is 5.82 Å². The van der Waals surface area contributed by atoms with Crippen LogP contribution in [0.5, 0.6) is 0 Å². The van der Waals surface area contributed by atoms with Gasteiger partial charge in [-0.15, -0.1) is 0 Å². The summed E-state index contributed by atoms with van der Waals surface area (Å²) in [6, 6.07) is 7.66. The Morgan fingerprint density at radius 1 is 1.04 bits per heavy atom. The second kappa shape index (κ2) is 11.1. The number of aromatic nitrogens is 3. The van der Waals surface area contributed by atoms with Crippen molar-refractivity contribution >= 4 is 17.8 Å². The highest BCUT2D eigenvalue weighted by Gasteiger charge is 2.65. The van der Waals surface area contributed by atoms with Crippen LogP contribution in [0.15, 0.2) is 48.9 Å². The van der Waals surface area contributed by atoms with Gasteiger partial charge in [0.1, 0.15) is 17.9 Å². The molecule has 3 aromatic rings. The van der Waals surface area contributed by atoms with Gasteiger partial charge in [-0.2, -0.15) is 18.3 Å². The number of halogens is 4. The highest BCUT2D eigenvalue weighted by Crippen LogP contribution is 2.44. The average Bonchev–Trinajstić information content (AvgIpc) is 3.66. The Labute approximate surface area is 271 Å². The number of alkyl halides is 3. The first-order valence-electron chi connectivity index (χ1n) is 15.7. The van der Waals surface area contributed by atoms with Crippen LogP contribution >= 0.6 is 0 Å². The van der Waals surface area contributed by atoms with Crippen LogP contribution in [-0.4, -0.2) is 111 Å². The SMILES string of the molecule is O=C1N[C@]2(CCc3cc(-c4cnn(C5CN(C6COC6)C5)c4)ccc32)C(=O)N1CC(=O)N(Cc1ccc(F)cn1)C1(C(F)(F)F)COC1. The summed E-state index contributed by atoms with van der Waals surface area (Å²) >= 11 is 0. The van der Waals surface area contributed by atoms with E-state index in [1.165, 1.54) is 6.07 Å². The number of aryl methyl sites for hydroxylation is 1. The number of hydrogen-bond donors (Lipinski definition) is 1. The lowest BCUT2D eigenvalue weighted by Crippen LogP contribution is -2.72. The van der Waals surface area contributed by atoms with E-state index >= 15 is 0 Å². The summed E-state index contributed by atoms with van der Waals surface area (Å²) in [7, 11) is 0. The van der Waals surface area contributed by atoms with Gasteiger partial charge in [0.05, 0.1) is 63.1 Å². The van der Waals surface area contributed by atoms with Crippen LogP contribution in [0.25, 0.3) is 11.1 Å². The quantitative estimate of drug-likeness (QED) is 0.287. The van der Waals surface area contributed by atoms with Crippen molar-refractivity contribution in [2.24, 2.45) is 0 Å². The molecule has 0 bridgehead atoms. The predicted molar refractivity (Wildman–Crippen MR) is 157 cm³/mol. The number of nitrogens with one attached hydrogen (secondary N) is 1. The maximum absolute atomic E-state index is 14.4. The Kier molecular flexibility index (Phi) is 7.12. The Hall–Kier alpha value is -4.41. The van der Waals surface area contributed by atoms with Crippen molar-refractivity contribution in [1.82, 2.24) is 34.8 Å². The molecule has 8 rings (SSSR count). The summed E-state index contributed by atoms with van der Waals surface area (Å²) in [4.78, 5) is 48.1. The van der Waals surface area contributed by atoms with Crippen LogP contribution in [0.3, 0.4) is 0 Å². The number of carbonyl (C=O) groups excluding carboxylic acids is 3. The molecule has 48 heavy (non-hydrogen) atoms. The van der Waals surface area contributed by atoms with E-state index in [1.54, 1.807) is 12.3 Å². The van der Waals surface area contributed by atoms with Gasteiger partial charge in [0.15, 0.2) is 5.54 Å². The molecule has 4 aliphatic heterocycles. The highest BCUT2D eigenvalue weighted by molar-refractivity contribution is 6.10. The van der Waals surface area contributed by atoms with Gasteiger partial charge in [0.25, 0.3) is 5.91 Å². The fourth-order valence-electron chi connectivity index (χ4n) is 7.18. The fourth-order valence-corrected chi connectivity index (χ4v) is 7.18. The van der Waals surface area contributed by atoms with Gasteiger partial charge in [-0.3, -0.25) is 29.1 Å². The summed E-state index contributed by atoms with van der Waals surface area (Å²) in [5, 5.41) is 7.30. The maximum Gasteiger partial charge on any atom is 0.416 e. The number of imide groups is 1. The fraction of sp³-hybridized carbons (Fsp3) is 0.469. The van der Waals surface area contributed by atoms with Gasteiger partial charge >= 0.3 is 12.2 Å². The normalized spacial score (nSPS) is 23.9. The summed E-state index contributed by atoms with van der Waals surface area (Å²) < 4.78 is 68.7. The van der Waals surface area contributed by atoms with Crippen LogP contribution in [0.4, 0.5) is 22.4 Å². The van der Waals surface area contributed by atoms with E-state index in [2.05, 4.69) is 20.3 Å². The highest BCUT2D eigenvalue weighted by atomic mass is 19.4. The second-order valence-corrected chi connectivity index (χ2v) is 13.1. The summed E-state index contributed by atoms with van der Waals surface area (Å²) in [5.74, 6) is -2.53. The van der Waals surface area contributed by atoms with Crippen LogP contribution in [0.2, 0.25) is 0 Å². The van der Waals surface area contributed by atoms with Crippen molar-refractivity contribution in [3.8, 4) is 11.1 Å². The molecule has 1 aliphatic carbocycles. The van der Waals surface area contributed by atoms with E-state index in [4.69, 9.17) is 9.47 Å². The lowest BCUT2D eigenvalue weighted by Gasteiger charge is -2.50. The molecule has 0 saturated carbocycles. The van der Waals surface area contributed by atoms with Crippen molar-refractivity contribution < 1.29 is 41.4 Å². The zero-order valence-electron chi connectivity index (χ0n) is 25.6. The number of hydrogen-bond acceptors (Lipinski definition) is 8. The lowest BCUT2D eigenvalue weighted by atomic mass is 9.90. The molecule has 5 aliphatic rings. The molecular weight excluding hydrogens is 638 g/mol. The molecule has 252 valence electrons. The van der Waals surface area contributed by atoms with E-state index in [0.717, 1.165) is 55.3 Å². The molecule has 6 heterocycles. The Morgan fingerprint density at radius 2 is 1.83 bits per heavy atom. The summed E-state index contributed by atoms with van der Waals surface area (Å²) in [6.07, 6.45) is 0.429. The predicted octanol–water partition coefficient (Wildman–Crippen LogP) is 2.39. The lowest BCUT2D eigenvalue weighted by molar-refractivity contribution is -0.302. The van der Waals surface area contributed by atoms with E-state index in [1.807, 2.05) is 23.0 Å². The molecule has 4 fully saturated rings. The minimum absolute atomic E-state index is 0.00144. The van der Waals surface area contributed by atoms with Crippen LogP contribution in [0.1, 0.15) is 29.3 Å². The third-order valence-electron chi connectivity index (χ3n) is 10.3.